The van der Waals surface area contributed by atoms with Gasteiger partial charge in [0.1, 0.15) is 0 Å². The molecular weight excluding hydrogens is 401 g/mol. The number of nitriles is 1. The fourth-order valence-electron chi connectivity index (χ4n) is 2.48. The monoisotopic (exact) mass is 424 g/mol. The average molecular weight is 424 g/mol. The van der Waals surface area contributed by atoms with Crippen LogP contribution in [0.1, 0.15) is 49.4 Å². The third kappa shape index (κ3) is 13.1. The molecule has 0 N–H and O–H groups in total. The Hall–Kier alpha value is -2.13. The van der Waals surface area contributed by atoms with E-state index in [2.05, 4.69) is 37.3 Å². The van der Waals surface area contributed by atoms with E-state index in [9.17, 15) is 25.2 Å². The van der Waals surface area contributed by atoms with Crippen LogP contribution in [0, 0.1) is 11.3 Å². The van der Waals surface area contributed by atoms with Crippen LogP contribution >= 0.6 is 7.81 Å². The first-order chi connectivity index (χ1) is 12.8. The molecule has 0 aliphatic heterocycles. The Morgan fingerprint density at radius 2 is 1.43 bits per heavy atom. The second-order valence-electron chi connectivity index (χ2n) is 6.41. The normalized spacial score (nSPS) is 13.5. The number of benzene rings is 1. The second kappa shape index (κ2) is 8.91. The molecule has 0 bridgehead atoms. The molecule has 2 nitrogen and oxygen atoms in total. The van der Waals surface area contributed by atoms with Gasteiger partial charge in [-0.2, -0.15) is 9.83 Å². The van der Waals surface area contributed by atoms with E-state index in [0.29, 0.717) is 5.69 Å². The van der Waals surface area contributed by atoms with Crippen LogP contribution in [0.3, 0.4) is 0 Å². The van der Waals surface area contributed by atoms with Crippen molar-refractivity contribution in [2.75, 3.05) is 0 Å². The standard InChI is InChI=1S/C19H23N2.F6P/c1-2-3-4-5-8-17-10-12-18(13-11-17)16-21-14-7-6-9-19(21)15-20;1-7(2,3,4,5)6/h6-7,9-14H,2-5,8,16H2,1H3;/q+1;-1. The molecule has 1 heterocycles. The van der Waals surface area contributed by atoms with Crippen molar-refractivity contribution in [2.45, 2.75) is 45.6 Å². The molecule has 0 saturated heterocycles. The Morgan fingerprint density at radius 3 is 1.96 bits per heavy atom. The Labute approximate surface area is 160 Å². The predicted octanol–water partition coefficient (Wildman–Crippen LogP) is 7.40. The van der Waals surface area contributed by atoms with Crippen LogP contribution in [0.4, 0.5) is 25.2 Å². The SMILES string of the molecule is CCCCCCc1ccc(C[n+]2ccccc2C#N)cc1.F[P-](F)(F)(F)(F)F. The van der Waals surface area contributed by atoms with E-state index in [1.807, 2.05) is 29.0 Å². The van der Waals surface area contributed by atoms with E-state index < -0.39 is 7.81 Å². The fourth-order valence-corrected chi connectivity index (χ4v) is 2.48. The molecular formula is C19H23F6N2P. The third-order valence-corrected chi connectivity index (χ3v) is 3.75. The van der Waals surface area contributed by atoms with Crippen molar-refractivity contribution in [3.8, 4) is 6.07 Å². The molecule has 1 aromatic heterocycles. The van der Waals surface area contributed by atoms with Gasteiger partial charge in [0.2, 0.25) is 0 Å². The number of hydrogen-bond donors (Lipinski definition) is 0. The van der Waals surface area contributed by atoms with Crippen molar-refractivity contribution in [1.82, 2.24) is 0 Å². The van der Waals surface area contributed by atoms with Crippen LogP contribution in [-0.4, -0.2) is 0 Å². The Balaban J connectivity index is 0.000000480. The van der Waals surface area contributed by atoms with Crippen LogP contribution in [0.25, 0.3) is 0 Å². The van der Waals surface area contributed by atoms with Gasteiger partial charge in [0.25, 0.3) is 5.69 Å². The summed E-state index contributed by atoms with van der Waals surface area (Å²) in [6, 6.07) is 16.7. The topological polar surface area (TPSA) is 27.7 Å². The number of halogens is 6. The number of aryl methyl sites for hydroxylation is 1. The fraction of sp³-hybridized carbons (Fsp3) is 0.368. The first-order valence-corrected chi connectivity index (χ1v) is 10.8. The zero-order valence-electron chi connectivity index (χ0n) is 15.5. The molecule has 0 saturated carbocycles. The van der Waals surface area contributed by atoms with Gasteiger partial charge in [-0.3, -0.25) is 0 Å². The van der Waals surface area contributed by atoms with Crippen molar-refractivity contribution >= 4 is 7.81 Å². The minimum absolute atomic E-state index is 0.696. The van der Waals surface area contributed by atoms with E-state index in [1.165, 1.54) is 43.2 Å². The Bertz CT molecular complexity index is 784. The van der Waals surface area contributed by atoms with Crippen LogP contribution in [0.2, 0.25) is 0 Å². The summed E-state index contributed by atoms with van der Waals surface area (Å²) in [6.07, 6.45) is 8.34. The molecule has 2 aromatic rings. The van der Waals surface area contributed by atoms with E-state index >= 15 is 0 Å². The van der Waals surface area contributed by atoms with E-state index in [1.54, 1.807) is 0 Å². The molecule has 2 rings (SSSR count). The maximum absolute atomic E-state index is 10.7. The molecule has 0 unspecified atom stereocenters. The van der Waals surface area contributed by atoms with Crippen LogP contribution in [-0.2, 0) is 13.0 Å². The van der Waals surface area contributed by atoms with Crippen molar-refractivity contribution in [3.63, 3.8) is 0 Å². The van der Waals surface area contributed by atoms with Crippen LogP contribution < -0.4 is 4.57 Å². The summed E-state index contributed by atoms with van der Waals surface area (Å²) in [6.45, 7) is 2.99. The number of unbranched alkanes of at least 4 members (excludes halogenated alkanes) is 3. The molecule has 28 heavy (non-hydrogen) atoms. The number of nitrogens with zero attached hydrogens (tertiary/aromatic N) is 2. The summed E-state index contributed by atoms with van der Waals surface area (Å²) >= 11 is 0. The maximum atomic E-state index is 9.87. The summed E-state index contributed by atoms with van der Waals surface area (Å²) in [7, 11) is -10.7. The molecule has 9 heteroatoms. The molecule has 0 radical (unpaired) electrons. The molecule has 1 aromatic carbocycles. The first-order valence-electron chi connectivity index (χ1n) is 8.81. The summed E-state index contributed by atoms with van der Waals surface area (Å²) < 4.78 is 61.2. The van der Waals surface area contributed by atoms with Crippen molar-refractivity contribution in [3.05, 3.63) is 65.5 Å². The Kier molecular flexibility index (Phi) is 7.61. The summed E-state index contributed by atoms with van der Waals surface area (Å²) in [5, 5.41) is 9.11. The van der Waals surface area contributed by atoms with E-state index in [0.717, 1.165) is 6.54 Å². The van der Waals surface area contributed by atoms with Gasteiger partial charge in [0, 0.05) is 17.7 Å². The molecule has 0 amide bonds. The number of aromatic nitrogens is 1. The van der Waals surface area contributed by atoms with Gasteiger partial charge in [-0.25, -0.2) is 0 Å². The predicted molar refractivity (Wildman–Crippen MR) is 98.3 cm³/mol. The van der Waals surface area contributed by atoms with Gasteiger partial charge in [0.05, 0.1) is 0 Å². The molecule has 0 fully saturated rings. The molecule has 0 aliphatic rings. The zero-order valence-corrected chi connectivity index (χ0v) is 16.4. The average Bonchev–Trinajstić information content (AvgIpc) is 2.58. The van der Waals surface area contributed by atoms with Gasteiger partial charge < -0.3 is 0 Å². The van der Waals surface area contributed by atoms with Gasteiger partial charge in [-0.15, -0.1) is 0 Å². The van der Waals surface area contributed by atoms with Crippen molar-refractivity contribution < 1.29 is 29.7 Å². The van der Waals surface area contributed by atoms with Gasteiger partial charge in [0.15, 0.2) is 18.8 Å². The van der Waals surface area contributed by atoms with Gasteiger partial charge >= 0.3 is 33.0 Å². The summed E-state index contributed by atoms with van der Waals surface area (Å²) in [5.74, 6) is 0. The molecule has 0 atom stereocenters. The first kappa shape index (κ1) is 23.9. The summed E-state index contributed by atoms with van der Waals surface area (Å²) in [5.41, 5.74) is 3.34. The molecule has 0 aliphatic carbocycles. The van der Waals surface area contributed by atoms with E-state index in [4.69, 9.17) is 5.26 Å². The minimum atomic E-state index is -10.7. The van der Waals surface area contributed by atoms with Crippen LogP contribution in [0.15, 0.2) is 48.7 Å². The third-order valence-electron chi connectivity index (χ3n) is 3.75. The number of hydrogen-bond acceptors (Lipinski definition) is 1. The quantitative estimate of drug-likeness (QED) is 0.197. The Morgan fingerprint density at radius 1 is 0.857 bits per heavy atom. The second-order valence-corrected chi connectivity index (χ2v) is 8.33. The van der Waals surface area contributed by atoms with Gasteiger partial charge in [-0.1, -0.05) is 50.5 Å². The van der Waals surface area contributed by atoms with E-state index in [-0.39, 0.29) is 0 Å². The van der Waals surface area contributed by atoms with Gasteiger partial charge in [-0.05, 0) is 24.5 Å². The summed E-state index contributed by atoms with van der Waals surface area (Å²) in [4.78, 5) is 0. The van der Waals surface area contributed by atoms with Crippen LogP contribution in [0.5, 0.6) is 0 Å². The molecule has 0 spiro atoms. The number of pyridine rings is 1. The molecule has 156 valence electrons. The van der Waals surface area contributed by atoms with Crippen molar-refractivity contribution in [1.29, 1.82) is 5.26 Å². The number of rotatable bonds is 7. The van der Waals surface area contributed by atoms with Crippen molar-refractivity contribution in [2.24, 2.45) is 0 Å². The zero-order chi connectivity index (χ0) is 21.3.